The summed E-state index contributed by atoms with van der Waals surface area (Å²) in [6.07, 6.45) is 1.84. The second-order valence-electron chi connectivity index (χ2n) is 8.65. The van der Waals surface area contributed by atoms with Gasteiger partial charge in [0.05, 0.1) is 29.7 Å². The minimum absolute atomic E-state index is 0.175. The Labute approximate surface area is 204 Å². The van der Waals surface area contributed by atoms with E-state index in [1.165, 1.54) is 0 Å². The molecule has 180 valence electrons. The van der Waals surface area contributed by atoms with E-state index in [0.717, 1.165) is 22.6 Å². The van der Waals surface area contributed by atoms with Crippen LogP contribution in [0.15, 0.2) is 53.5 Å². The van der Waals surface area contributed by atoms with Gasteiger partial charge in [0.25, 0.3) is 5.56 Å². The number of methoxy groups -OCH3 is 1. The lowest BCUT2D eigenvalue weighted by molar-refractivity contribution is 0.282. The lowest BCUT2D eigenvalue weighted by atomic mass is 10.1. The third-order valence-electron chi connectivity index (χ3n) is 5.66. The van der Waals surface area contributed by atoms with Crippen LogP contribution in [0.25, 0.3) is 16.9 Å². The SMILES string of the molecule is COc1cccc(COc2nc(C)n(-c3cccc(-c4nc(C(C)C)ncc4C)c3)c(=O)c2C)n1. The van der Waals surface area contributed by atoms with Gasteiger partial charge in [0.15, 0.2) is 0 Å². The quantitative estimate of drug-likeness (QED) is 0.385. The van der Waals surface area contributed by atoms with Crippen molar-refractivity contribution in [2.24, 2.45) is 0 Å². The number of pyridine rings is 1. The monoisotopic (exact) mass is 471 g/mol. The van der Waals surface area contributed by atoms with E-state index in [1.54, 1.807) is 31.6 Å². The highest BCUT2D eigenvalue weighted by atomic mass is 16.5. The summed E-state index contributed by atoms with van der Waals surface area (Å²) in [5.74, 6) is 2.32. The molecular formula is C27H29N5O3. The Hall–Kier alpha value is -4.07. The van der Waals surface area contributed by atoms with Crippen LogP contribution in [-0.4, -0.2) is 31.6 Å². The maximum Gasteiger partial charge on any atom is 0.264 e. The van der Waals surface area contributed by atoms with Gasteiger partial charge in [-0.2, -0.15) is 4.98 Å². The molecule has 0 atom stereocenters. The molecule has 0 aliphatic heterocycles. The van der Waals surface area contributed by atoms with Crippen LogP contribution in [0.1, 0.15) is 48.2 Å². The minimum Gasteiger partial charge on any atom is -0.481 e. The van der Waals surface area contributed by atoms with Crippen molar-refractivity contribution in [3.05, 3.63) is 87.5 Å². The number of aromatic nitrogens is 5. The first-order chi connectivity index (χ1) is 16.8. The molecule has 0 saturated carbocycles. The molecule has 8 heteroatoms. The molecule has 1 aromatic carbocycles. The third-order valence-corrected chi connectivity index (χ3v) is 5.66. The van der Waals surface area contributed by atoms with Crippen molar-refractivity contribution in [3.63, 3.8) is 0 Å². The molecule has 0 saturated heterocycles. The smallest absolute Gasteiger partial charge is 0.264 e. The van der Waals surface area contributed by atoms with Crippen LogP contribution in [0.4, 0.5) is 0 Å². The fourth-order valence-corrected chi connectivity index (χ4v) is 3.74. The normalized spacial score (nSPS) is 11.1. The zero-order valence-corrected chi connectivity index (χ0v) is 20.9. The van der Waals surface area contributed by atoms with Gasteiger partial charge in [-0.05, 0) is 44.5 Å². The van der Waals surface area contributed by atoms with Crippen molar-refractivity contribution >= 4 is 0 Å². The lowest BCUT2D eigenvalue weighted by Crippen LogP contribution is -2.25. The zero-order chi connectivity index (χ0) is 25.1. The van der Waals surface area contributed by atoms with E-state index in [2.05, 4.69) is 28.8 Å². The van der Waals surface area contributed by atoms with Gasteiger partial charge in [-0.15, -0.1) is 0 Å². The molecule has 8 nitrogen and oxygen atoms in total. The maximum atomic E-state index is 13.4. The molecule has 0 aliphatic rings. The highest BCUT2D eigenvalue weighted by Gasteiger charge is 2.16. The molecule has 4 rings (SSSR count). The molecular weight excluding hydrogens is 442 g/mol. The Kier molecular flexibility index (Phi) is 6.91. The Morgan fingerprint density at radius 3 is 2.51 bits per heavy atom. The summed E-state index contributed by atoms with van der Waals surface area (Å²) in [6, 6.07) is 13.2. The number of rotatable bonds is 7. The van der Waals surface area contributed by atoms with Gasteiger partial charge in [0.1, 0.15) is 18.3 Å². The lowest BCUT2D eigenvalue weighted by Gasteiger charge is -2.15. The summed E-state index contributed by atoms with van der Waals surface area (Å²) in [4.78, 5) is 31.5. The highest BCUT2D eigenvalue weighted by Crippen LogP contribution is 2.25. The summed E-state index contributed by atoms with van der Waals surface area (Å²) in [6.45, 7) is 9.80. The summed E-state index contributed by atoms with van der Waals surface area (Å²) in [5, 5.41) is 0. The largest absolute Gasteiger partial charge is 0.481 e. The van der Waals surface area contributed by atoms with E-state index in [1.807, 2.05) is 49.5 Å². The Bertz CT molecular complexity index is 1430. The highest BCUT2D eigenvalue weighted by molar-refractivity contribution is 5.65. The molecule has 0 amide bonds. The van der Waals surface area contributed by atoms with Gasteiger partial charge in [0.2, 0.25) is 11.8 Å². The number of hydrogen-bond donors (Lipinski definition) is 0. The van der Waals surface area contributed by atoms with Crippen molar-refractivity contribution in [2.75, 3.05) is 7.11 Å². The number of benzene rings is 1. The standard InChI is InChI=1S/C27H29N5O3/c1-16(2)25-28-14-17(3)24(31-25)20-9-7-11-22(13-20)32-19(5)29-26(18(4)27(32)33)35-15-21-10-8-12-23(30-21)34-6/h7-14,16H,15H2,1-6H3. The first-order valence-corrected chi connectivity index (χ1v) is 11.5. The topological polar surface area (TPSA) is 92.0 Å². The molecule has 0 radical (unpaired) electrons. The van der Waals surface area contributed by atoms with Gasteiger partial charge in [-0.3, -0.25) is 9.36 Å². The average Bonchev–Trinajstić information content (AvgIpc) is 2.86. The molecule has 35 heavy (non-hydrogen) atoms. The molecule has 4 aromatic rings. The predicted molar refractivity (Wildman–Crippen MR) is 134 cm³/mol. The second kappa shape index (κ2) is 10.0. The van der Waals surface area contributed by atoms with Crippen molar-refractivity contribution in [2.45, 2.75) is 47.1 Å². The number of hydrogen-bond acceptors (Lipinski definition) is 7. The summed E-state index contributed by atoms with van der Waals surface area (Å²) >= 11 is 0. The zero-order valence-electron chi connectivity index (χ0n) is 20.9. The molecule has 0 spiro atoms. The van der Waals surface area contributed by atoms with E-state index < -0.39 is 0 Å². The third kappa shape index (κ3) is 5.06. The van der Waals surface area contributed by atoms with E-state index in [0.29, 0.717) is 28.6 Å². The van der Waals surface area contributed by atoms with Crippen LogP contribution in [0, 0.1) is 20.8 Å². The van der Waals surface area contributed by atoms with Gasteiger partial charge < -0.3 is 9.47 Å². The Morgan fingerprint density at radius 1 is 1.00 bits per heavy atom. The van der Waals surface area contributed by atoms with Gasteiger partial charge >= 0.3 is 0 Å². The number of ether oxygens (including phenoxy) is 2. The predicted octanol–water partition coefficient (Wildman–Crippen LogP) is 4.72. The molecule has 0 fully saturated rings. The van der Waals surface area contributed by atoms with Crippen LogP contribution in [0.5, 0.6) is 11.8 Å². The molecule has 0 N–H and O–H groups in total. The summed E-state index contributed by atoms with van der Waals surface area (Å²) in [5.41, 5.74) is 4.37. The van der Waals surface area contributed by atoms with Crippen molar-refractivity contribution < 1.29 is 9.47 Å². The number of aryl methyl sites for hydroxylation is 2. The molecule has 0 aliphatic carbocycles. The van der Waals surface area contributed by atoms with E-state index in [4.69, 9.17) is 14.5 Å². The van der Waals surface area contributed by atoms with Crippen molar-refractivity contribution in [3.8, 4) is 28.7 Å². The molecule has 3 heterocycles. The van der Waals surface area contributed by atoms with Crippen LogP contribution in [0.2, 0.25) is 0 Å². The molecule has 0 unspecified atom stereocenters. The fraction of sp³-hybridized carbons (Fsp3) is 0.296. The van der Waals surface area contributed by atoms with Crippen molar-refractivity contribution in [1.82, 2.24) is 24.5 Å². The van der Waals surface area contributed by atoms with Gasteiger partial charge in [-0.25, -0.2) is 15.0 Å². The van der Waals surface area contributed by atoms with E-state index in [9.17, 15) is 4.79 Å². The maximum absolute atomic E-state index is 13.4. The first kappa shape index (κ1) is 24.1. The van der Waals surface area contributed by atoms with Crippen molar-refractivity contribution in [1.29, 1.82) is 0 Å². The molecule has 0 bridgehead atoms. The fourth-order valence-electron chi connectivity index (χ4n) is 3.74. The van der Waals surface area contributed by atoms with E-state index in [-0.39, 0.29) is 24.0 Å². The Balaban J connectivity index is 1.68. The summed E-state index contributed by atoms with van der Waals surface area (Å²) < 4.78 is 12.6. The van der Waals surface area contributed by atoms with E-state index >= 15 is 0 Å². The summed E-state index contributed by atoms with van der Waals surface area (Å²) in [7, 11) is 1.56. The molecule has 3 aromatic heterocycles. The van der Waals surface area contributed by atoms with Crippen LogP contribution in [0.3, 0.4) is 0 Å². The van der Waals surface area contributed by atoms with Gasteiger partial charge in [0, 0.05) is 23.7 Å². The first-order valence-electron chi connectivity index (χ1n) is 11.5. The van der Waals surface area contributed by atoms with Crippen LogP contribution >= 0.6 is 0 Å². The van der Waals surface area contributed by atoms with Crippen LogP contribution in [-0.2, 0) is 6.61 Å². The van der Waals surface area contributed by atoms with Crippen LogP contribution < -0.4 is 15.0 Å². The minimum atomic E-state index is -0.189. The number of nitrogens with zero attached hydrogens (tertiary/aromatic N) is 5. The average molecular weight is 472 g/mol. The van der Waals surface area contributed by atoms with Gasteiger partial charge in [-0.1, -0.05) is 32.0 Å². The second-order valence-corrected chi connectivity index (χ2v) is 8.65. The Morgan fingerprint density at radius 2 is 1.77 bits per heavy atom.